The highest BCUT2D eigenvalue weighted by molar-refractivity contribution is 7.11. The standard InChI is InChI=1S/C22H12FN3O3S/c23-17-6-4-14(5-7-17)20-13-30-22(25-20)16(12-24)11-19-8-9-21(29-19)15-2-1-3-18(10-15)26(27)28/h1-11,13H/b16-11+. The van der Waals surface area contributed by atoms with E-state index in [9.17, 15) is 19.8 Å². The number of furan rings is 1. The summed E-state index contributed by atoms with van der Waals surface area (Å²) in [5.41, 5.74) is 2.24. The molecule has 4 aromatic rings. The summed E-state index contributed by atoms with van der Waals surface area (Å²) in [6.07, 6.45) is 1.56. The van der Waals surface area contributed by atoms with Crippen LogP contribution in [0.1, 0.15) is 10.8 Å². The lowest BCUT2D eigenvalue weighted by atomic mass is 10.1. The molecule has 0 saturated heterocycles. The van der Waals surface area contributed by atoms with E-state index in [1.54, 1.807) is 47.9 Å². The van der Waals surface area contributed by atoms with Crippen LogP contribution in [0.3, 0.4) is 0 Å². The number of nitriles is 1. The van der Waals surface area contributed by atoms with Crippen LogP contribution in [-0.2, 0) is 0 Å². The van der Waals surface area contributed by atoms with Crippen molar-refractivity contribution in [3.8, 4) is 28.7 Å². The second-order valence-electron chi connectivity index (χ2n) is 6.22. The summed E-state index contributed by atoms with van der Waals surface area (Å²) in [4.78, 5) is 14.9. The van der Waals surface area contributed by atoms with Crippen molar-refractivity contribution in [3.05, 3.63) is 92.7 Å². The average Bonchev–Trinajstić information content (AvgIpc) is 3.43. The molecule has 4 rings (SSSR count). The Balaban J connectivity index is 1.61. The number of hydrogen-bond acceptors (Lipinski definition) is 6. The number of aromatic nitrogens is 1. The fourth-order valence-electron chi connectivity index (χ4n) is 2.79. The smallest absolute Gasteiger partial charge is 0.270 e. The van der Waals surface area contributed by atoms with E-state index in [-0.39, 0.29) is 11.5 Å². The van der Waals surface area contributed by atoms with Gasteiger partial charge in [0.15, 0.2) is 0 Å². The number of nitrogens with zero attached hydrogens (tertiary/aromatic N) is 3. The van der Waals surface area contributed by atoms with Gasteiger partial charge < -0.3 is 4.42 Å². The first-order valence-electron chi connectivity index (χ1n) is 8.72. The van der Waals surface area contributed by atoms with Crippen LogP contribution in [0.5, 0.6) is 0 Å². The Hall–Kier alpha value is -4.09. The van der Waals surface area contributed by atoms with Gasteiger partial charge in [-0.3, -0.25) is 10.1 Å². The van der Waals surface area contributed by atoms with Crippen LogP contribution in [0.25, 0.3) is 34.2 Å². The maximum atomic E-state index is 13.1. The van der Waals surface area contributed by atoms with Crippen molar-refractivity contribution >= 4 is 28.7 Å². The number of thiazole rings is 1. The molecule has 0 spiro atoms. The van der Waals surface area contributed by atoms with Crippen LogP contribution in [-0.4, -0.2) is 9.91 Å². The fourth-order valence-corrected chi connectivity index (χ4v) is 3.59. The molecule has 0 aliphatic rings. The molecular formula is C22H12FN3O3S. The zero-order valence-corrected chi connectivity index (χ0v) is 16.1. The third-order valence-corrected chi connectivity index (χ3v) is 5.13. The van der Waals surface area contributed by atoms with Crippen molar-refractivity contribution in [3.63, 3.8) is 0 Å². The predicted octanol–water partition coefficient (Wildman–Crippen LogP) is 6.18. The Labute approximate surface area is 174 Å². The van der Waals surface area contributed by atoms with Crippen molar-refractivity contribution in [2.45, 2.75) is 0 Å². The zero-order valence-electron chi connectivity index (χ0n) is 15.3. The van der Waals surface area contributed by atoms with Crippen molar-refractivity contribution < 1.29 is 13.7 Å². The molecule has 146 valence electrons. The van der Waals surface area contributed by atoms with Gasteiger partial charge in [-0.1, -0.05) is 12.1 Å². The highest BCUT2D eigenvalue weighted by atomic mass is 32.1. The molecule has 0 amide bonds. The van der Waals surface area contributed by atoms with Gasteiger partial charge in [-0.25, -0.2) is 9.37 Å². The number of allylic oxidation sites excluding steroid dienone is 1. The number of nitro groups is 1. The molecule has 2 heterocycles. The van der Waals surface area contributed by atoms with E-state index in [4.69, 9.17) is 4.42 Å². The van der Waals surface area contributed by atoms with Crippen LogP contribution in [0.4, 0.5) is 10.1 Å². The molecule has 2 aromatic heterocycles. The molecule has 0 unspecified atom stereocenters. The van der Waals surface area contributed by atoms with Crippen LogP contribution in [0.2, 0.25) is 0 Å². The highest BCUT2D eigenvalue weighted by Gasteiger charge is 2.12. The Morgan fingerprint density at radius 1 is 1.17 bits per heavy atom. The molecule has 8 heteroatoms. The summed E-state index contributed by atoms with van der Waals surface area (Å²) in [6, 6.07) is 17.6. The van der Waals surface area contributed by atoms with Crippen LogP contribution in [0, 0.1) is 27.3 Å². The first-order valence-corrected chi connectivity index (χ1v) is 9.60. The van der Waals surface area contributed by atoms with Gasteiger partial charge in [-0.15, -0.1) is 11.3 Å². The van der Waals surface area contributed by atoms with Crippen molar-refractivity contribution in [2.75, 3.05) is 0 Å². The van der Waals surface area contributed by atoms with Crippen molar-refractivity contribution in [1.29, 1.82) is 5.26 Å². The number of hydrogen-bond donors (Lipinski definition) is 0. The van der Waals surface area contributed by atoms with Gasteiger partial charge in [0, 0.05) is 34.7 Å². The average molecular weight is 417 g/mol. The first-order chi connectivity index (χ1) is 14.5. The lowest BCUT2D eigenvalue weighted by Gasteiger charge is -1.97. The van der Waals surface area contributed by atoms with Gasteiger partial charge >= 0.3 is 0 Å². The van der Waals surface area contributed by atoms with Gasteiger partial charge in [0.25, 0.3) is 5.69 Å². The van der Waals surface area contributed by atoms with Gasteiger partial charge in [-0.2, -0.15) is 5.26 Å². The normalized spacial score (nSPS) is 11.3. The summed E-state index contributed by atoms with van der Waals surface area (Å²) in [5, 5.41) is 22.8. The van der Waals surface area contributed by atoms with Crippen molar-refractivity contribution in [1.82, 2.24) is 4.98 Å². The van der Waals surface area contributed by atoms with E-state index < -0.39 is 4.92 Å². The molecule has 0 bridgehead atoms. The topological polar surface area (TPSA) is 93.0 Å². The Morgan fingerprint density at radius 3 is 2.70 bits per heavy atom. The molecule has 0 aliphatic heterocycles. The second-order valence-corrected chi connectivity index (χ2v) is 7.08. The van der Waals surface area contributed by atoms with Gasteiger partial charge in [0.05, 0.1) is 16.2 Å². The van der Waals surface area contributed by atoms with Crippen LogP contribution in [0.15, 0.2) is 70.5 Å². The molecule has 0 aliphatic carbocycles. The summed E-state index contributed by atoms with van der Waals surface area (Å²) < 4.78 is 18.9. The summed E-state index contributed by atoms with van der Waals surface area (Å²) in [7, 11) is 0. The molecular weight excluding hydrogens is 405 g/mol. The van der Waals surface area contributed by atoms with E-state index in [1.807, 2.05) is 0 Å². The molecule has 0 atom stereocenters. The number of nitro benzene ring substituents is 1. The molecule has 2 aromatic carbocycles. The summed E-state index contributed by atoms with van der Waals surface area (Å²) in [5.74, 6) is 0.546. The van der Waals surface area contributed by atoms with E-state index >= 15 is 0 Å². The predicted molar refractivity (Wildman–Crippen MR) is 112 cm³/mol. The largest absolute Gasteiger partial charge is 0.457 e. The molecule has 0 saturated carbocycles. The molecule has 6 nitrogen and oxygen atoms in total. The maximum Gasteiger partial charge on any atom is 0.270 e. The highest BCUT2D eigenvalue weighted by Crippen LogP contribution is 2.30. The quantitative estimate of drug-likeness (QED) is 0.219. The Morgan fingerprint density at radius 2 is 1.97 bits per heavy atom. The number of benzene rings is 2. The van der Waals surface area contributed by atoms with E-state index in [1.165, 1.54) is 35.6 Å². The van der Waals surface area contributed by atoms with E-state index in [2.05, 4.69) is 11.1 Å². The van der Waals surface area contributed by atoms with Crippen LogP contribution < -0.4 is 0 Å². The third-order valence-electron chi connectivity index (χ3n) is 4.25. The van der Waals surface area contributed by atoms with Gasteiger partial charge in [-0.05, 0) is 36.4 Å². The molecule has 30 heavy (non-hydrogen) atoms. The molecule has 0 N–H and O–H groups in total. The monoisotopic (exact) mass is 417 g/mol. The maximum absolute atomic E-state index is 13.1. The summed E-state index contributed by atoms with van der Waals surface area (Å²) >= 11 is 1.30. The number of halogens is 1. The second kappa shape index (κ2) is 8.11. The van der Waals surface area contributed by atoms with Gasteiger partial charge in [0.2, 0.25) is 0 Å². The lowest BCUT2D eigenvalue weighted by Crippen LogP contribution is -1.87. The van der Waals surface area contributed by atoms with E-state index in [0.717, 1.165) is 5.56 Å². The molecule has 0 radical (unpaired) electrons. The minimum atomic E-state index is -0.470. The summed E-state index contributed by atoms with van der Waals surface area (Å²) in [6.45, 7) is 0. The fraction of sp³-hybridized carbons (Fsp3) is 0. The lowest BCUT2D eigenvalue weighted by molar-refractivity contribution is -0.384. The van der Waals surface area contributed by atoms with Crippen LogP contribution >= 0.6 is 11.3 Å². The first kappa shape index (κ1) is 19.2. The number of non-ortho nitro benzene ring substituents is 1. The number of rotatable bonds is 5. The SMILES string of the molecule is N#C/C(=C\c1ccc(-c2cccc([N+](=O)[O-])c2)o1)c1nc(-c2ccc(F)cc2)cs1. The Kier molecular flexibility index (Phi) is 5.20. The Bertz CT molecular complexity index is 1300. The zero-order chi connectivity index (χ0) is 21.1. The van der Waals surface area contributed by atoms with E-state index in [0.29, 0.717) is 33.4 Å². The third kappa shape index (κ3) is 4.01. The molecule has 0 fully saturated rings. The minimum absolute atomic E-state index is 0.0326. The van der Waals surface area contributed by atoms with Crippen molar-refractivity contribution in [2.24, 2.45) is 0 Å². The minimum Gasteiger partial charge on any atom is -0.457 e. The van der Waals surface area contributed by atoms with Gasteiger partial charge in [0.1, 0.15) is 28.4 Å².